The second kappa shape index (κ2) is 5.92. The summed E-state index contributed by atoms with van der Waals surface area (Å²) in [6.07, 6.45) is 3.06. The Hall–Kier alpha value is -0.0800. The molecule has 0 aliphatic carbocycles. The second-order valence-corrected chi connectivity index (χ2v) is 2.57. The maximum Gasteiger partial charge on any atom is 0.0621 e. The van der Waals surface area contributed by atoms with Crippen LogP contribution in [0.2, 0.25) is 0 Å². The second-order valence-electron chi connectivity index (χ2n) is 1.37. The summed E-state index contributed by atoms with van der Waals surface area (Å²) >= 11 is 0. The van der Waals surface area contributed by atoms with Crippen molar-refractivity contribution in [2.45, 2.75) is 12.8 Å². The Morgan fingerprint density at radius 2 is 2.43 bits per heavy atom. The zero-order valence-electron chi connectivity index (χ0n) is 4.57. The van der Waals surface area contributed by atoms with Crippen LogP contribution in [0.3, 0.4) is 0 Å². The Balaban J connectivity index is 2.60. The molecule has 0 spiro atoms. The first-order valence-corrected chi connectivity index (χ1v) is 4.14. The van der Waals surface area contributed by atoms with Crippen LogP contribution >= 0.6 is 8.58 Å². The Morgan fingerprint density at radius 1 is 1.71 bits per heavy atom. The van der Waals surface area contributed by atoms with Crippen molar-refractivity contribution in [1.82, 2.24) is 0 Å². The van der Waals surface area contributed by atoms with Gasteiger partial charge in [0.2, 0.25) is 0 Å². The van der Waals surface area contributed by atoms with Crippen molar-refractivity contribution in [3.05, 3.63) is 0 Å². The SMILES string of the molecule is CPCCCC#N. The maximum atomic E-state index is 8.05. The molecule has 0 aromatic carbocycles. The lowest BCUT2D eigenvalue weighted by Gasteiger charge is -1.85. The minimum absolute atomic E-state index is 0.737. The Bertz CT molecular complexity index is 65.0. The van der Waals surface area contributed by atoms with Crippen LogP contribution in [0.4, 0.5) is 0 Å². The van der Waals surface area contributed by atoms with Gasteiger partial charge in [-0.15, -0.1) is 8.58 Å². The first-order chi connectivity index (χ1) is 3.41. The molecular weight excluding hydrogens is 105 g/mol. The van der Waals surface area contributed by atoms with Gasteiger partial charge in [-0.2, -0.15) is 5.26 Å². The number of hydrogen-bond acceptors (Lipinski definition) is 1. The van der Waals surface area contributed by atoms with Gasteiger partial charge in [-0.1, -0.05) is 0 Å². The summed E-state index contributed by atoms with van der Waals surface area (Å²) in [5.74, 6) is 0. The Kier molecular flexibility index (Phi) is 5.85. The average molecular weight is 115 g/mol. The number of nitriles is 1. The van der Waals surface area contributed by atoms with Crippen LogP contribution in [-0.4, -0.2) is 12.8 Å². The standard InChI is InChI=1S/C5H10NP/c1-7-5-3-2-4-6/h7H,2-3,5H2,1H3. The first kappa shape index (κ1) is 6.92. The van der Waals surface area contributed by atoms with Gasteiger partial charge >= 0.3 is 0 Å². The number of unbranched alkanes of at least 4 members (excludes halogenated alkanes) is 1. The first-order valence-electron chi connectivity index (χ1n) is 2.43. The summed E-state index contributed by atoms with van der Waals surface area (Å²) in [6, 6.07) is 2.11. The van der Waals surface area contributed by atoms with Crippen LogP contribution in [0.15, 0.2) is 0 Å². The lowest BCUT2D eigenvalue weighted by molar-refractivity contribution is 0.980. The van der Waals surface area contributed by atoms with Crippen LogP contribution in [0, 0.1) is 11.3 Å². The number of rotatable bonds is 3. The van der Waals surface area contributed by atoms with E-state index < -0.39 is 0 Å². The molecule has 40 valence electrons. The van der Waals surface area contributed by atoms with Crippen molar-refractivity contribution >= 4 is 8.58 Å². The predicted molar refractivity (Wildman–Crippen MR) is 34.0 cm³/mol. The van der Waals surface area contributed by atoms with Crippen molar-refractivity contribution in [3.8, 4) is 6.07 Å². The highest BCUT2D eigenvalue weighted by Gasteiger charge is 1.79. The molecule has 0 rings (SSSR count). The minimum Gasteiger partial charge on any atom is -0.198 e. The highest BCUT2D eigenvalue weighted by molar-refractivity contribution is 7.36. The molecule has 0 fully saturated rings. The molecule has 1 unspecified atom stereocenters. The highest BCUT2D eigenvalue weighted by Crippen LogP contribution is 2.04. The average Bonchev–Trinajstić information content (AvgIpc) is 1.69. The third-order valence-corrected chi connectivity index (χ3v) is 1.57. The van der Waals surface area contributed by atoms with E-state index in [1.807, 2.05) is 0 Å². The monoisotopic (exact) mass is 115 g/mol. The van der Waals surface area contributed by atoms with E-state index >= 15 is 0 Å². The summed E-state index contributed by atoms with van der Waals surface area (Å²) in [7, 11) is 1.02. The lowest BCUT2D eigenvalue weighted by atomic mass is 10.4. The number of nitrogens with zero attached hydrogens (tertiary/aromatic N) is 1. The molecular formula is C5H10NP. The Labute approximate surface area is 46.5 Å². The molecule has 0 aromatic heterocycles. The summed E-state index contributed by atoms with van der Waals surface area (Å²) in [5.41, 5.74) is 0. The molecule has 0 aliphatic rings. The summed E-state index contributed by atoms with van der Waals surface area (Å²) in [4.78, 5) is 0. The largest absolute Gasteiger partial charge is 0.198 e. The fourth-order valence-corrected chi connectivity index (χ4v) is 0.875. The molecule has 1 atom stereocenters. The maximum absolute atomic E-state index is 8.05. The normalized spacial score (nSPS) is 9.71. The van der Waals surface area contributed by atoms with Crippen LogP contribution in [0.25, 0.3) is 0 Å². The van der Waals surface area contributed by atoms with Gasteiger partial charge in [0.05, 0.1) is 6.07 Å². The van der Waals surface area contributed by atoms with Crippen molar-refractivity contribution in [1.29, 1.82) is 5.26 Å². The van der Waals surface area contributed by atoms with Gasteiger partial charge in [0.15, 0.2) is 0 Å². The van der Waals surface area contributed by atoms with E-state index in [1.165, 1.54) is 6.16 Å². The van der Waals surface area contributed by atoms with E-state index in [4.69, 9.17) is 5.26 Å². The van der Waals surface area contributed by atoms with E-state index in [0.29, 0.717) is 0 Å². The van der Waals surface area contributed by atoms with E-state index in [9.17, 15) is 0 Å². The van der Waals surface area contributed by atoms with E-state index in [2.05, 4.69) is 12.7 Å². The van der Waals surface area contributed by atoms with Crippen molar-refractivity contribution in [3.63, 3.8) is 0 Å². The predicted octanol–water partition coefficient (Wildman–Crippen LogP) is 1.60. The van der Waals surface area contributed by atoms with Gasteiger partial charge in [0.1, 0.15) is 0 Å². The van der Waals surface area contributed by atoms with Gasteiger partial charge < -0.3 is 0 Å². The molecule has 0 saturated carbocycles. The van der Waals surface area contributed by atoms with Crippen LogP contribution in [0.5, 0.6) is 0 Å². The van der Waals surface area contributed by atoms with Crippen molar-refractivity contribution in [2.24, 2.45) is 0 Å². The molecule has 0 heterocycles. The van der Waals surface area contributed by atoms with E-state index in [0.717, 1.165) is 21.4 Å². The highest BCUT2D eigenvalue weighted by atomic mass is 31.1. The molecule has 0 N–H and O–H groups in total. The molecule has 0 saturated heterocycles. The summed E-state index contributed by atoms with van der Waals surface area (Å²) in [6.45, 7) is 2.16. The fraction of sp³-hybridized carbons (Fsp3) is 0.800. The number of hydrogen-bond donors (Lipinski definition) is 0. The lowest BCUT2D eigenvalue weighted by Crippen LogP contribution is -1.71. The van der Waals surface area contributed by atoms with Gasteiger partial charge in [-0.25, -0.2) is 0 Å². The summed E-state index contributed by atoms with van der Waals surface area (Å²) < 4.78 is 0. The van der Waals surface area contributed by atoms with Crippen molar-refractivity contribution < 1.29 is 0 Å². The van der Waals surface area contributed by atoms with Gasteiger partial charge in [-0.3, -0.25) is 0 Å². The zero-order valence-corrected chi connectivity index (χ0v) is 5.57. The molecule has 2 heteroatoms. The molecule has 1 nitrogen and oxygen atoms in total. The van der Waals surface area contributed by atoms with E-state index in [1.54, 1.807) is 0 Å². The fourth-order valence-electron chi connectivity index (χ4n) is 0.344. The van der Waals surface area contributed by atoms with E-state index in [-0.39, 0.29) is 0 Å². The molecule has 0 aliphatic heterocycles. The quantitative estimate of drug-likeness (QED) is 0.405. The molecule has 7 heavy (non-hydrogen) atoms. The topological polar surface area (TPSA) is 23.8 Å². The molecule has 0 aromatic rings. The minimum atomic E-state index is 0.737. The van der Waals surface area contributed by atoms with Crippen molar-refractivity contribution in [2.75, 3.05) is 12.8 Å². The van der Waals surface area contributed by atoms with Gasteiger partial charge in [-0.05, 0) is 19.2 Å². The molecule has 0 radical (unpaired) electrons. The van der Waals surface area contributed by atoms with Gasteiger partial charge in [0, 0.05) is 6.42 Å². The third kappa shape index (κ3) is 5.92. The van der Waals surface area contributed by atoms with Crippen LogP contribution in [-0.2, 0) is 0 Å². The molecule has 0 amide bonds. The summed E-state index contributed by atoms with van der Waals surface area (Å²) in [5, 5.41) is 8.05. The smallest absolute Gasteiger partial charge is 0.0621 e. The van der Waals surface area contributed by atoms with Crippen LogP contribution < -0.4 is 0 Å². The van der Waals surface area contributed by atoms with Gasteiger partial charge in [0.25, 0.3) is 0 Å². The third-order valence-electron chi connectivity index (χ3n) is 0.715. The van der Waals surface area contributed by atoms with Crippen LogP contribution in [0.1, 0.15) is 12.8 Å². The molecule has 0 bridgehead atoms. The zero-order chi connectivity index (χ0) is 5.54. The Morgan fingerprint density at radius 3 is 2.86 bits per heavy atom.